The van der Waals surface area contributed by atoms with Gasteiger partial charge in [-0.1, -0.05) is 48.5 Å². The van der Waals surface area contributed by atoms with Crippen LogP contribution in [0.4, 0.5) is 0 Å². The lowest BCUT2D eigenvalue weighted by Crippen LogP contribution is -2.73. The lowest BCUT2D eigenvalue weighted by Gasteiger charge is -2.50. The van der Waals surface area contributed by atoms with Crippen molar-refractivity contribution < 1.29 is 19.1 Å². The third-order valence-corrected chi connectivity index (χ3v) is 8.01. The molecule has 1 unspecified atom stereocenters. The van der Waals surface area contributed by atoms with Crippen molar-refractivity contribution in [1.82, 2.24) is 19.7 Å². The molecule has 1 N–H and O–H groups in total. The van der Waals surface area contributed by atoms with Gasteiger partial charge in [0.15, 0.2) is 0 Å². The van der Waals surface area contributed by atoms with E-state index in [0.29, 0.717) is 39.1 Å². The molecule has 37 heavy (non-hydrogen) atoms. The predicted molar refractivity (Wildman–Crippen MR) is 138 cm³/mol. The van der Waals surface area contributed by atoms with Gasteiger partial charge in [0.05, 0.1) is 25.2 Å². The Kier molecular flexibility index (Phi) is 6.30. The van der Waals surface area contributed by atoms with Crippen LogP contribution in [-0.2, 0) is 32.1 Å². The van der Waals surface area contributed by atoms with Gasteiger partial charge in [-0.25, -0.2) is 0 Å². The van der Waals surface area contributed by atoms with Crippen LogP contribution in [0.25, 0.3) is 10.9 Å². The summed E-state index contributed by atoms with van der Waals surface area (Å²) in [5.41, 5.74) is 2.77. The standard InChI is InChI=1S/C29H32N4O4/c34-25-18-31-19-26(35)33(14-6-16-37-20-21-7-2-1-3-8-21)29(12-13-29)27(31)28(36)32(25)15-11-22-17-30-24-10-5-4-9-23(22)24/h1-5,7-10,17,27,30H,6,11-16,18-20H2. The zero-order chi connectivity index (χ0) is 25.4. The highest BCUT2D eigenvalue weighted by atomic mass is 16.5. The third-order valence-electron chi connectivity index (χ3n) is 8.01. The van der Waals surface area contributed by atoms with E-state index in [1.54, 1.807) is 0 Å². The van der Waals surface area contributed by atoms with Crippen LogP contribution in [0.2, 0.25) is 0 Å². The fourth-order valence-electron chi connectivity index (χ4n) is 6.06. The highest BCUT2D eigenvalue weighted by Crippen LogP contribution is 2.50. The van der Waals surface area contributed by atoms with Crippen molar-refractivity contribution in [3.8, 4) is 0 Å². The van der Waals surface area contributed by atoms with Crippen LogP contribution in [0.1, 0.15) is 30.4 Å². The van der Waals surface area contributed by atoms with Crippen molar-refractivity contribution >= 4 is 28.6 Å². The Morgan fingerprint density at radius 3 is 2.49 bits per heavy atom. The van der Waals surface area contributed by atoms with Crippen LogP contribution in [-0.4, -0.2) is 81.8 Å². The molecule has 2 aromatic carbocycles. The van der Waals surface area contributed by atoms with Gasteiger partial charge in [-0.15, -0.1) is 0 Å². The molecule has 2 aliphatic heterocycles. The van der Waals surface area contributed by atoms with E-state index >= 15 is 0 Å². The fourth-order valence-corrected chi connectivity index (χ4v) is 6.06. The third kappa shape index (κ3) is 4.45. The molecule has 3 aromatic rings. The molecule has 8 nitrogen and oxygen atoms in total. The number of carbonyl (C=O) groups is 3. The summed E-state index contributed by atoms with van der Waals surface area (Å²) < 4.78 is 5.82. The van der Waals surface area contributed by atoms with Gasteiger partial charge in [-0.3, -0.25) is 24.2 Å². The summed E-state index contributed by atoms with van der Waals surface area (Å²) in [7, 11) is 0. The van der Waals surface area contributed by atoms with E-state index in [4.69, 9.17) is 4.74 Å². The first-order chi connectivity index (χ1) is 18.1. The number of fused-ring (bicyclic) bond motifs is 3. The van der Waals surface area contributed by atoms with Gasteiger partial charge in [0.25, 0.3) is 0 Å². The summed E-state index contributed by atoms with van der Waals surface area (Å²) in [6, 6.07) is 17.6. The van der Waals surface area contributed by atoms with Crippen LogP contribution < -0.4 is 0 Å². The zero-order valence-corrected chi connectivity index (χ0v) is 20.9. The molecule has 3 amide bonds. The number of para-hydroxylation sites is 1. The molecule has 1 saturated carbocycles. The lowest BCUT2D eigenvalue weighted by atomic mass is 9.93. The molecule has 1 aromatic heterocycles. The highest BCUT2D eigenvalue weighted by Gasteiger charge is 2.65. The molecule has 6 rings (SSSR count). The maximum Gasteiger partial charge on any atom is 0.249 e. The number of piperazine rings is 2. The lowest BCUT2D eigenvalue weighted by molar-refractivity contribution is -0.167. The van der Waals surface area contributed by atoms with E-state index in [1.165, 1.54) is 4.90 Å². The molecular weight excluding hydrogens is 468 g/mol. The second-order valence-electron chi connectivity index (χ2n) is 10.3. The van der Waals surface area contributed by atoms with Crippen LogP contribution in [0.15, 0.2) is 60.8 Å². The number of ether oxygens (including phenoxy) is 1. The van der Waals surface area contributed by atoms with E-state index in [-0.39, 0.29) is 30.8 Å². The first-order valence-corrected chi connectivity index (χ1v) is 13.1. The second-order valence-corrected chi connectivity index (χ2v) is 10.3. The summed E-state index contributed by atoms with van der Waals surface area (Å²) in [5, 5.41) is 1.11. The Morgan fingerprint density at radius 2 is 1.68 bits per heavy atom. The molecule has 1 aliphatic carbocycles. The van der Waals surface area contributed by atoms with Crippen molar-refractivity contribution in [3.63, 3.8) is 0 Å². The average molecular weight is 501 g/mol. The van der Waals surface area contributed by atoms with E-state index in [2.05, 4.69) is 11.1 Å². The predicted octanol–water partition coefficient (Wildman–Crippen LogP) is 2.73. The normalized spacial score (nSPS) is 21.2. The first-order valence-electron chi connectivity index (χ1n) is 13.1. The minimum absolute atomic E-state index is 0.00431. The maximum absolute atomic E-state index is 13.7. The van der Waals surface area contributed by atoms with Gasteiger partial charge in [0, 0.05) is 36.8 Å². The number of nitrogens with one attached hydrogen (secondary N) is 1. The van der Waals surface area contributed by atoms with E-state index in [1.807, 2.05) is 64.5 Å². The number of imide groups is 1. The Hall–Kier alpha value is -3.49. The smallest absolute Gasteiger partial charge is 0.249 e. The number of amides is 3. The summed E-state index contributed by atoms with van der Waals surface area (Å²) in [4.78, 5) is 48.2. The van der Waals surface area contributed by atoms with Crippen molar-refractivity contribution in [2.75, 3.05) is 32.8 Å². The molecule has 0 bridgehead atoms. The highest BCUT2D eigenvalue weighted by molar-refractivity contribution is 6.04. The topological polar surface area (TPSA) is 86.0 Å². The molecule has 8 heteroatoms. The van der Waals surface area contributed by atoms with Crippen molar-refractivity contribution in [2.24, 2.45) is 0 Å². The van der Waals surface area contributed by atoms with Crippen molar-refractivity contribution in [3.05, 3.63) is 71.9 Å². The number of rotatable bonds is 9. The Bertz CT molecular complexity index is 1320. The van der Waals surface area contributed by atoms with Crippen molar-refractivity contribution in [2.45, 2.75) is 43.9 Å². The number of aromatic nitrogens is 1. The van der Waals surface area contributed by atoms with Gasteiger partial charge in [0.1, 0.15) is 6.04 Å². The average Bonchev–Trinajstić information content (AvgIpc) is 3.56. The minimum Gasteiger partial charge on any atom is -0.377 e. The van der Waals surface area contributed by atoms with Gasteiger partial charge < -0.3 is 14.6 Å². The van der Waals surface area contributed by atoms with Gasteiger partial charge >= 0.3 is 0 Å². The summed E-state index contributed by atoms with van der Waals surface area (Å²) in [6.45, 7) is 2.24. The van der Waals surface area contributed by atoms with Gasteiger partial charge in [0.2, 0.25) is 17.7 Å². The Labute approximate surface area is 216 Å². The van der Waals surface area contributed by atoms with Crippen LogP contribution in [0.5, 0.6) is 0 Å². The Morgan fingerprint density at radius 1 is 0.919 bits per heavy atom. The van der Waals surface area contributed by atoms with Crippen LogP contribution >= 0.6 is 0 Å². The number of aromatic amines is 1. The molecule has 3 fully saturated rings. The zero-order valence-electron chi connectivity index (χ0n) is 20.9. The molecule has 1 atom stereocenters. The van der Waals surface area contributed by atoms with E-state index in [0.717, 1.165) is 34.9 Å². The van der Waals surface area contributed by atoms with E-state index in [9.17, 15) is 14.4 Å². The van der Waals surface area contributed by atoms with Crippen LogP contribution in [0, 0.1) is 0 Å². The quantitative estimate of drug-likeness (QED) is 0.361. The molecule has 192 valence electrons. The molecule has 0 radical (unpaired) electrons. The number of hydrogen-bond donors (Lipinski definition) is 1. The fraction of sp³-hybridized carbons (Fsp3) is 0.414. The molecule has 2 saturated heterocycles. The minimum atomic E-state index is -0.494. The van der Waals surface area contributed by atoms with Crippen molar-refractivity contribution in [1.29, 1.82) is 0 Å². The van der Waals surface area contributed by atoms with Gasteiger partial charge in [-0.05, 0) is 42.9 Å². The molecular formula is C29H32N4O4. The number of carbonyl (C=O) groups excluding carboxylic acids is 3. The second kappa shape index (κ2) is 9.76. The number of nitrogens with zero attached hydrogens (tertiary/aromatic N) is 3. The van der Waals surface area contributed by atoms with Crippen LogP contribution in [0.3, 0.4) is 0 Å². The number of benzene rings is 2. The largest absolute Gasteiger partial charge is 0.377 e. The summed E-state index contributed by atoms with van der Waals surface area (Å²) >= 11 is 0. The summed E-state index contributed by atoms with van der Waals surface area (Å²) in [5.74, 6) is -0.372. The summed E-state index contributed by atoms with van der Waals surface area (Å²) in [6.07, 6.45) is 4.86. The number of hydrogen-bond acceptors (Lipinski definition) is 5. The first kappa shape index (κ1) is 23.9. The van der Waals surface area contributed by atoms with E-state index < -0.39 is 11.6 Å². The Balaban J connectivity index is 1.10. The number of H-pyrrole nitrogens is 1. The van der Waals surface area contributed by atoms with Gasteiger partial charge in [-0.2, -0.15) is 0 Å². The molecule has 3 heterocycles. The molecule has 3 aliphatic rings. The SMILES string of the molecule is O=C1CN2CC(=O)N(CCCOCc3ccccc3)C3(CC3)C2C(=O)N1CCc1c[nH]c2ccccc12. The monoisotopic (exact) mass is 500 g/mol. The maximum atomic E-state index is 13.7. The molecule has 1 spiro atoms.